The van der Waals surface area contributed by atoms with Crippen molar-refractivity contribution in [2.45, 2.75) is 25.7 Å². The maximum absolute atomic E-state index is 11.8. The van der Waals surface area contributed by atoms with E-state index in [4.69, 9.17) is 4.74 Å². The maximum atomic E-state index is 11.8. The minimum atomic E-state index is -0.399. The molecule has 2 rings (SSSR count). The zero-order chi connectivity index (χ0) is 13.0. The Kier molecular flexibility index (Phi) is 3.97. The van der Waals surface area contributed by atoms with E-state index in [0.29, 0.717) is 11.3 Å². The SMILES string of the molecule is COC(=O)c1ccc(OC(=O)C2CCCC2)cc1. The third kappa shape index (κ3) is 2.88. The van der Waals surface area contributed by atoms with Gasteiger partial charge in [0.05, 0.1) is 18.6 Å². The Labute approximate surface area is 106 Å². The largest absolute Gasteiger partial charge is 0.465 e. The second-order valence-electron chi connectivity index (χ2n) is 4.42. The lowest BCUT2D eigenvalue weighted by Crippen LogP contribution is -2.17. The number of methoxy groups -OCH3 is 1. The first-order valence-corrected chi connectivity index (χ1v) is 6.11. The topological polar surface area (TPSA) is 52.6 Å². The van der Waals surface area contributed by atoms with E-state index in [-0.39, 0.29) is 11.9 Å². The molecule has 1 aliphatic carbocycles. The molecule has 1 aromatic rings. The minimum Gasteiger partial charge on any atom is -0.465 e. The molecule has 0 saturated heterocycles. The van der Waals surface area contributed by atoms with E-state index in [2.05, 4.69) is 4.74 Å². The van der Waals surface area contributed by atoms with Crippen LogP contribution in [0.15, 0.2) is 24.3 Å². The van der Waals surface area contributed by atoms with Gasteiger partial charge in [-0.2, -0.15) is 0 Å². The molecule has 0 amide bonds. The van der Waals surface area contributed by atoms with E-state index in [0.717, 1.165) is 25.7 Å². The van der Waals surface area contributed by atoms with Gasteiger partial charge in [0.15, 0.2) is 0 Å². The molecule has 0 atom stereocenters. The van der Waals surface area contributed by atoms with Crippen molar-refractivity contribution < 1.29 is 19.1 Å². The Morgan fingerprint density at radius 2 is 1.72 bits per heavy atom. The summed E-state index contributed by atoms with van der Waals surface area (Å²) in [6.07, 6.45) is 4.03. The summed E-state index contributed by atoms with van der Waals surface area (Å²) in [5.74, 6) is -0.0631. The van der Waals surface area contributed by atoms with Crippen LogP contribution < -0.4 is 4.74 Å². The zero-order valence-corrected chi connectivity index (χ0v) is 10.3. The highest BCUT2D eigenvalue weighted by atomic mass is 16.5. The number of benzene rings is 1. The number of rotatable bonds is 3. The third-order valence-electron chi connectivity index (χ3n) is 3.18. The van der Waals surface area contributed by atoms with Crippen molar-refractivity contribution in [3.63, 3.8) is 0 Å². The molecule has 96 valence electrons. The molecule has 1 aromatic carbocycles. The summed E-state index contributed by atoms with van der Waals surface area (Å²) in [5, 5.41) is 0. The molecule has 0 bridgehead atoms. The first kappa shape index (κ1) is 12.6. The van der Waals surface area contributed by atoms with Gasteiger partial charge in [0.1, 0.15) is 5.75 Å². The van der Waals surface area contributed by atoms with Crippen molar-refractivity contribution in [3.05, 3.63) is 29.8 Å². The van der Waals surface area contributed by atoms with Gasteiger partial charge in [-0.25, -0.2) is 4.79 Å². The Morgan fingerprint density at radius 1 is 1.11 bits per heavy atom. The van der Waals surface area contributed by atoms with Crippen LogP contribution in [0.25, 0.3) is 0 Å². The second-order valence-corrected chi connectivity index (χ2v) is 4.42. The van der Waals surface area contributed by atoms with Crippen molar-refractivity contribution in [1.82, 2.24) is 0 Å². The molecular weight excluding hydrogens is 232 g/mol. The number of ether oxygens (including phenoxy) is 2. The molecule has 1 saturated carbocycles. The lowest BCUT2D eigenvalue weighted by molar-refractivity contribution is -0.138. The van der Waals surface area contributed by atoms with E-state index < -0.39 is 5.97 Å². The van der Waals surface area contributed by atoms with Gasteiger partial charge in [0.25, 0.3) is 0 Å². The first-order chi connectivity index (χ1) is 8.70. The highest BCUT2D eigenvalue weighted by Crippen LogP contribution is 2.26. The van der Waals surface area contributed by atoms with Crippen molar-refractivity contribution in [2.24, 2.45) is 5.92 Å². The zero-order valence-electron chi connectivity index (χ0n) is 10.3. The van der Waals surface area contributed by atoms with Crippen molar-refractivity contribution in [1.29, 1.82) is 0 Å². The fourth-order valence-electron chi connectivity index (χ4n) is 2.14. The predicted octanol–water partition coefficient (Wildman–Crippen LogP) is 2.57. The highest BCUT2D eigenvalue weighted by Gasteiger charge is 2.24. The molecule has 0 N–H and O–H groups in total. The van der Waals surface area contributed by atoms with Gasteiger partial charge in [-0.1, -0.05) is 12.8 Å². The van der Waals surface area contributed by atoms with Crippen LogP contribution in [-0.2, 0) is 9.53 Å². The summed E-state index contributed by atoms with van der Waals surface area (Å²) >= 11 is 0. The van der Waals surface area contributed by atoms with Crippen molar-refractivity contribution >= 4 is 11.9 Å². The van der Waals surface area contributed by atoms with Crippen LogP contribution in [-0.4, -0.2) is 19.0 Å². The van der Waals surface area contributed by atoms with Crippen LogP contribution >= 0.6 is 0 Å². The quantitative estimate of drug-likeness (QED) is 0.609. The Hall–Kier alpha value is -1.84. The normalized spacial score (nSPS) is 15.4. The number of carbonyl (C=O) groups excluding carboxylic acids is 2. The molecule has 1 aliphatic rings. The predicted molar refractivity (Wildman–Crippen MR) is 65.4 cm³/mol. The fraction of sp³-hybridized carbons (Fsp3) is 0.429. The van der Waals surface area contributed by atoms with E-state index in [1.54, 1.807) is 24.3 Å². The van der Waals surface area contributed by atoms with Crippen LogP contribution in [0.4, 0.5) is 0 Å². The monoisotopic (exact) mass is 248 g/mol. The highest BCUT2D eigenvalue weighted by molar-refractivity contribution is 5.89. The molecule has 4 heteroatoms. The Balaban J connectivity index is 1.97. The Morgan fingerprint density at radius 3 is 2.28 bits per heavy atom. The van der Waals surface area contributed by atoms with E-state index >= 15 is 0 Å². The van der Waals surface area contributed by atoms with Gasteiger partial charge in [-0.15, -0.1) is 0 Å². The van der Waals surface area contributed by atoms with E-state index in [9.17, 15) is 9.59 Å². The molecule has 18 heavy (non-hydrogen) atoms. The maximum Gasteiger partial charge on any atom is 0.337 e. The van der Waals surface area contributed by atoms with Gasteiger partial charge in [-0.05, 0) is 37.1 Å². The van der Waals surface area contributed by atoms with Crippen LogP contribution in [0.1, 0.15) is 36.0 Å². The molecule has 0 aromatic heterocycles. The Bertz CT molecular complexity index is 430. The van der Waals surface area contributed by atoms with Crippen LogP contribution in [0, 0.1) is 5.92 Å². The smallest absolute Gasteiger partial charge is 0.337 e. The summed E-state index contributed by atoms with van der Waals surface area (Å²) in [6.45, 7) is 0. The summed E-state index contributed by atoms with van der Waals surface area (Å²) in [6, 6.07) is 6.39. The van der Waals surface area contributed by atoms with E-state index in [1.807, 2.05) is 0 Å². The molecule has 0 unspecified atom stereocenters. The van der Waals surface area contributed by atoms with Crippen LogP contribution in [0.3, 0.4) is 0 Å². The average Bonchev–Trinajstić information content (AvgIpc) is 2.92. The van der Waals surface area contributed by atoms with Gasteiger partial charge < -0.3 is 9.47 Å². The third-order valence-corrected chi connectivity index (χ3v) is 3.18. The van der Waals surface area contributed by atoms with Crippen LogP contribution in [0.5, 0.6) is 5.75 Å². The van der Waals surface area contributed by atoms with Gasteiger partial charge in [0.2, 0.25) is 0 Å². The fourth-order valence-corrected chi connectivity index (χ4v) is 2.14. The van der Waals surface area contributed by atoms with Gasteiger partial charge in [0, 0.05) is 0 Å². The number of esters is 2. The lowest BCUT2D eigenvalue weighted by Gasteiger charge is -2.09. The first-order valence-electron chi connectivity index (χ1n) is 6.11. The molecule has 4 nitrogen and oxygen atoms in total. The molecule has 0 heterocycles. The molecule has 1 fully saturated rings. The summed E-state index contributed by atoms with van der Waals surface area (Å²) in [5.41, 5.74) is 0.443. The van der Waals surface area contributed by atoms with Crippen LogP contribution in [0.2, 0.25) is 0 Å². The number of carbonyl (C=O) groups is 2. The van der Waals surface area contributed by atoms with Gasteiger partial charge >= 0.3 is 11.9 Å². The summed E-state index contributed by atoms with van der Waals surface area (Å²) in [7, 11) is 1.33. The minimum absolute atomic E-state index is 0.0327. The van der Waals surface area contributed by atoms with Crippen molar-refractivity contribution in [3.8, 4) is 5.75 Å². The number of hydrogen-bond donors (Lipinski definition) is 0. The van der Waals surface area contributed by atoms with Gasteiger partial charge in [-0.3, -0.25) is 4.79 Å². The van der Waals surface area contributed by atoms with Crippen molar-refractivity contribution in [2.75, 3.05) is 7.11 Å². The molecular formula is C14H16O4. The summed E-state index contributed by atoms with van der Waals surface area (Å²) < 4.78 is 9.87. The second kappa shape index (κ2) is 5.67. The van der Waals surface area contributed by atoms with E-state index in [1.165, 1.54) is 7.11 Å². The summed E-state index contributed by atoms with van der Waals surface area (Å²) in [4.78, 5) is 23.0. The average molecular weight is 248 g/mol. The standard InChI is InChI=1S/C14H16O4/c1-17-13(15)11-6-8-12(9-7-11)18-14(16)10-4-2-3-5-10/h6-10H,2-5H2,1H3. The molecule has 0 radical (unpaired) electrons. The lowest BCUT2D eigenvalue weighted by atomic mass is 10.1. The number of hydrogen-bond acceptors (Lipinski definition) is 4. The molecule has 0 spiro atoms. The molecule has 0 aliphatic heterocycles.